The molecule has 8 heteroatoms. The normalized spacial score (nSPS) is 51.4. The Bertz CT molecular complexity index is 897. The molecule has 0 unspecified atom stereocenters. The molecule has 4 N–H and O–H groups in total. The molecule has 8 nitrogen and oxygen atoms in total. The van der Waals surface area contributed by atoms with Crippen LogP contribution >= 0.6 is 0 Å². The molecule has 1 saturated heterocycles. The fraction of sp³-hybridized carbons (Fsp3) is 0.760. The Labute approximate surface area is 193 Å². The second-order valence-corrected chi connectivity index (χ2v) is 11.1. The monoisotopic (exact) mass is 462 g/mol. The van der Waals surface area contributed by atoms with E-state index in [4.69, 9.17) is 9.47 Å². The van der Waals surface area contributed by atoms with E-state index in [-0.39, 0.29) is 22.7 Å². The van der Waals surface area contributed by atoms with Crippen LogP contribution in [0.25, 0.3) is 0 Å². The lowest BCUT2D eigenvalue weighted by molar-refractivity contribution is -0.312. The quantitative estimate of drug-likeness (QED) is 0.497. The first-order valence-corrected chi connectivity index (χ1v) is 12.1. The van der Waals surface area contributed by atoms with Crippen molar-refractivity contribution < 1.29 is 39.5 Å². The summed E-state index contributed by atoms with van der Waals surface area (Å²) in [7, 11) is 0. The first kappa shape index (κ1) is 23.2. The Morgan fingerprint density at radius 2 is 1.82 bits per heavy atom. The number of carbonyl (C=O) groups excluding carboxylic acids is 1. The van der Waals surface area contributed by atoms with Gasteiger partial charge in [0.05, 0.1) is 6.10 Å². The Morgan fingerprint density at radius 3 is 2.55 bits per heavy atom. The number of carboxylic acids is 1. The highest BCUT2D eigenvalue weighted by Gasteiger charge is 2.60. The van der Waals surface area contributed by atoms with Crippen LogP contribution in [0.5, 0.6) is 0 Å². The number of carboxylic acid groups (broad SMARTS) is 1. The molecule has 33 heavy (non-hydrogen) atoms. The zero-order chi connectivity index (χ0) is 23.7. The largest absolute Gasteiger partial charge is 0.479 e. The van der Waals surface area contributed by atoms with Crippen LogP contribution < -0.4 is 0 Å². The van der Waals surface area contributed by atoms with Gasteiger partial charge in [0, 0.05) is 5.41 Å². The van der Waals surface area contributed by atoms with Crippen molar-refractivity contribution in [2.75, 3.05) is 0 Å². The average Bonchev–Trinajstić information content (AvgIpc) is 3.10. The lowest BCUT2D eigenvalue weighted by Gasteiger charge is -2.57. The third-order valence-electron chi connectivity index (χ3n) is 9.58. The molecule has 0 aromatic carbocycles. The number of aliphatic carboxylic acids is 1. The lowest BCUT2D eigenvalue weighted by Crippen LogP contribution is -2.61. The van der Waals surface area contributed by atoms with Crippen LogP contribution in [0.1, 0.15) is 52.4 Å². The van der Waals surface area contributed by atoms with Crippen LogP contribution in [0.15, 0.2) is 23.8 Å². The maximum absolute atomic E-state index is 11.9. The van der Waals surface area contributed by atoms with Crippen molar-refractivity contribution in [3.8, 4) is 0 Å². The molecule has 0 radical (unpaired) electrons. The first-order valence-electron chi connectivity index (χ1n) is 12.1. The van der Waals surface area contributed by atoms with E-state index in [1.54, 1.807) is 6.08 Å². The molecular weight excluding hydrogens is 428 g/mol. The number of aliphatic hydroxyl groups excluding tert-OH is 3. The summed E-state index contributed by atoms with van der Waals surface area (Å²) in [4.78, 5) is 23.4. The molecular formula is C25H34O8. The Morgan fingerprint density at radius 1 is 1.06 bits per heavy atom. The molecule has 11 atom stereocenters. The molecule has 182 valence electrons. The number of fused-ring (bicyclic) bond motifs is 5. The molecule has 0 amide bonds. The van der Waals surface area contributed by atoms with Crippen LogP contribution in [-0.2, 0) is 19.1 Å². The summed E-state index contributed by atoms with van der Waals surface area (Å²) in [6.45, 7) is 4.48. The molecule has 0 bridgehead atoms. The van der Waals surface area contributed by atoms with E-state index in [1.807, 2.05) is 6.08 Å². The van der Waals surface area contributed by atoms with E-state index in [0.717, 1.165) is 38.5 Å². The number of aliphatic hydroxyl groups is 3. The fourth-order valence-electron chi connectivity index (χ4n) is 7.70. The molecule has 1 heterocycles. The van der Waals surface area contributed by atoms with Gasteiger partial charge in [-0.1, -0.05) is 25.5 Å². The average molecular weight is 463 g/mol. The molecule has 0 spiro atoms. The van der Waals surface area contributed by atoms with Gasteiger partial charge in [-0.2, -0.15) is 0 Å². The lowest BCUT2D eigenvalue weighted by atomic mass is 9.48. The minimum absolute atomic E-state index is 0.0777. The zero-order valence-corrected chi connectivity index (χ0v) is 19.1. The number of carbonyl (C=O) groups is 2. The van der Waals surface area contributed by atoms with Gasteiger partial charge < -0.3 is 29.9 Å². The number of allylic oxidation sites excluding steroid dienone is 4. The summed E-state index contributed by atoms with van der Waals surface area (Å²) in [6.07, 6.45) is 3.13. The van der Waals surface area contributed by atoms with Gasteiger partial charge >= 0.3 is 5.97 Å². The Balaban J connectivity index is 1.34. The molecule has 4 aliphatic carbocycles. The van der Waals surface area contributed by atoms with Crippen molar-refractivity contribution in [3.63, 3.8) is 0 Å². The van der Waals surface area contributed by atoms with Gasteiger partial charge in [0.1, 0.15) is 18.3 Å². The van der Waals surface area contributed by atoms with E-state index in [0.29, 0.717) is 17.8 Å². The van der Waals surface area contributed by atoms with Gasteiger partial charge in [0.15, 0.2) is 18.2 Å². The van der Waals surface area contributed by atoms with Gasteiger partial charge in [-0.05, 0) is 73.8 Å². The molecule has 4 fully saturated rings. The number of rotatable bonds is 3. The summed E-state index contributed by atoms with van der Waals surface area (Å²) in [5.41, 5.74) is 1.00. The van der Waals surface area contributed by atoms with E-state index in [2.05, 4.69) is 19.9 Å². The third kappa shape index (κ3) is 3.45. The van der Waals surface area contributed by atoms with Gasteiger partial charge in [0.2, 0.25) is 0 Å². The number of hydrogen-bond donors (Lipinski definition) is 4. The molecule has 1 aliphatic heterocycles. The smallest absolute Gasteiger partial charge is 0.335 e. The standard InChI is InChI=1S/C25H34O8/c1-24-9-7-13(26)11-12(24)3-4-14-15-5-6-17(25(15,2)10-8-16(14)24)32-23-20(29)18(27)19(28)21(33-23)22(30)31/h7,9,11,14-21,23,27-29H,3-6,8,10H2,1-2H3,(H,30,31)/t14-,15-,16-,17-,18-,19-,20+,21-,23+,24-,25-/m0/s1. The number of ketones is 1. The second-order valence-electron chi connectivity index (χ2n) is 11.1. The molecule has 3 saturated carbocycles. The third-order valence-corrected chi connectivity index (χ3v) is 9.58. The van der Waals surface area contributed by atoms with Crippen molar-refractivity contribution in [1.82, 2.24) is 0 Å². The predicted molar refractivity (Wildman–Crippen MR) is 116 cm³/mol. The summed E-state index contributed by atoms with van der Waals surface area (Å²) in [5.74, 6) is 0.0415. The topological polar surface area (TPSA) is 134 Å². The van der Waals surface area contributed by atoms with Gasteiger partial charge in [-0.15, -0.1) is 0 Å². The van der Waals surface area contributed by atoms with E-state index < -0.39 is 36.7 Å². The molecule has 5 aliphatic rings. The Hall–Kier alpha value is -1.58. The van der Waals surface area contributed by atoms with Crippen molar-refractivity contribution in [1.29, 1.82) is 0 Å². The molecule has 0 aromatic heterocycles. The predicted octanol–water partition coefficient (Wildman–Crippen LogP) is 1.57. The van der Waals surface area contributed by atoms with Crippen LogP contribution in [-0.4, -0.2) is 69.0 Å². The van der Waals surface area contributed by atoms with E-state index >= 15 is 0 Å². The number of hydrogen-bond acceptors (Lipinski definition) is 7. The zero-order valence-electron chi connectivity index (χ0n) is 19.1. The fourth-order valence-corrected chi connectivity index (χ4v) is 7.70. The second kappa shape index (κ2) is 7.99. The highest BCUT2D eigenvalue weighted by atomic mass is 16.7. The van der Waals surface area contributed by atoms with Gasteiger partial charge in [-0.3, -0.25) is 4.79 Å². The van der Waals surface area contributed by atoms with Crippen molar-refractivity contribution in [3.05, 3.63) is 23.8 Å². The van der Waals surface area contributed by atoms with Crippen LogP contribution in [0.3, 0.4) is 0 Å². The minimum Gasteiger partial charge on any atom is -0.479 e. The summed E-state index contributed by atoms with van der Waals surface area (Å²) >= 11 is 0. The van der Waals surface area contributed by atoms with Gasteiger partial charge in [0.25, 0.3) is 0 Å². The van der Waals surface area contributed by atoms with Crippen LogP contribution in [0, 0.1) is 28.6 Å². The van der Waals surface area contributed by atoms with Crippen molar-refractivity contribution in [2.45, 2.75) is 89.2 Å². The first-order chi connectivity index (χ1) is 15.6. The summed E-state index contributed by atoms with van der Waals surface area (Å²) < 4.78 is 11.6. The summed E-state index contributed by atoms with van der Waals surface area (Å²) in [5, 5.41) is 39.9. The molecule has 0 aromatic rings. The van der Waals surface area contributed by atoms with Gasteiger partial charge in [-0.25, -0.2) is 4.79 Å². The van der Waals surface area contributed by atoms with Crippen LogP contribution in [0.2, 0.25) is 0 Å². The van der Waals surface area contributed by atoms with E-state index in [1.165, 1.54) is 5.57 Å². The molecule has 5 rings (SSSR count). The van der Waals surface area contributed by atoms with E-state index in [9.17, 15) is 30.0 Å². The maximum atomic E-state index is 11.9. The van der Waals surface area contributed by atoms with Crippen LogP contribution in [0.4, 0.5) is 0 Å². The highest BCUT2D eigenvalue weighted by molar-refractivity contribution is 6.01. The minimum atomic E-state index is -1.72. The SMILES string of the molecule is C[C@]12CC[C@H]3[C@@H](CCC4=CC(=O)C=C[C@@]43C)[C@@H]1CC[C@@H]2O[C@@H]1O[C@H](C(=O)O)[C@@H](O)[C@H](O)[C@H]1O. The van der Waals surface area contributed by atoms with Crippen molar-refractivity contribution in [2.24, 2.45) is 28.6 Å². The van der Waals surface area contributed by atoms with Crippen molar-refractivity contribution >= 4 is 11.8 Å². The highest BCUT2D eigenvalue weighted by Crippen LogP contribution is 2.65. The maximum Gasteiger partial charge on any atom is 0.335 e. The number of ether oxygens (including phenoxy) is 2. The Kier molecular flexibility index (Phi) is 5.61. The summed E-state index contributed by atoms with van der Waals surface area (Å²) in [6, 6.07) is 0.